The zero-order valence-electron chi connectivity index (χ0n) is 11.2. The number of nitrogens with one attached hydrogen (secondary N) is 2. The Morgan fingerprint density at radius 2 is 2.05 bits per heavy atom. The smallest absolute Gasteiger partial charge is 0.136 e. The van der Waals surface area contributed by atoms with E-state index in [1.807, 2.05) is 18.3 Å². The molecule has 0 spiro atoms. The van der Waals surface area contributed by atoms with Crippen molar-refractivity contribution in [2.24, 2.45) is 0 Å². The van der Waals surface area contributed by atoms with Crippen LogP contribution in [0, 0.1) is 0 Å². The van der Waals surface area contributed by atoms with Crippen molar-refractivity contribution in [2.45, 2.75) is 13.8 Å². The summed E-state index contributed by atoms with van der Waals surface area (Å²) in [5.41, 5.74) is 3.57. The van der Waals surface area contributed by atoms with Crippen molar-refractivity contribution in [3.05, 3.63) is 48.2 Å². The van der Waals surface area contributed by atoms with Crippen LogP contribution in [0.3, 0.4) is 0 Å². The molecule has 2 N–H and O–H groups in total. The Hall–Kier alpha value is -2.29. The van der Waals surface area contributed by atoms with Gasteiger partial charge in [0, 0.05) is 29.0 Å². The first-order valence-corrected chi connectivity index (χ1v) is 6.48. The summed E-state index contributed by atoms with van der Waals surface area (Å²) >= 11 is 0. The molecule has 0 saturated heterocycles. The van der Waals surface area contributed by atoms with Gasteiger partial charge in [-0.1, -0.05) is 29.8 Å². The van der Waals surface area contributed by atoms with Crippen LogP contribution in [-0.2, 0) is 0 Å². The van der Waals surface area contributed by atoms with Gasteiger partial charge in [0.15, 0.2) is 0 Å². The lowest BCUT2D eigenvalue weighted by molar-refractivity contribution is 1.22. The number of hydrogen-bond acceptors (Lipinski definition) is 2. The Morgan fingerprint density at radius 1 is 1.21 bits per heavy atom. The second-order valence-electron chi connectivity index (χ2n) is 4.92. The maximum Gasteiger partial charge on any atom is 0.136 e. The first kappa shape index (κ1) is 11.8. The quantitative estimate of drug-likeness (QED) is 0.688. The topological polar surface area (TPSA) is 40.7 Å². The van der Waals surface area contributed by atoms with Gasteiger partial charge in [-0.05, 0) is 26.0 Å². The Labute approximate surface area is 112 Å². The van der Waals surface area contributed by atoms with E-state index in [4.69, 9.17) is 0 Å². The second kappa shape index (κ2) is 4.76. The van der Waals surface area contributed by atoms with Crippen LogP contribution in [0.25, 0.3) is 21.8 Å². The van der Waals surface area contributed by atoms with Crippen molar-refractivity contribution < 1.29 is 0 Å². The second-order valence-corrected chi connectivity index (χ2v) is 4.92. The molecule has 0 amide bonds. The molecule has 3 heteroatoms. The molecular formula is C16H17N3. The molecule has 0 radical (unpaired) electrons. The largest absolute Gasteiger partial charge is 0.366 e. The summed E-state index contributed by atoms with van der Waals surface area (Å²) in [7, 11) is 0. The van der Waals surface area contributed by atoms with Crippen LogP contribution < -0.4 is 5.32 Å². The van der Waals surface area contributed by atoms with Gasteiger partial charge in [-0.3, -0.25) is 0 Å². The average Bonchev–Trinajstić information content (AvgIpc) is 2.77. The number of anilines is 1. The molecular weight excluding hydrogens is 234 g/mol. The summed E-state index contributed by atoms with van der Waals surface area (Å²) in [5, 5.41) is 5.77. The van der Waals surface area contributed by atoms with Crippen molar-refractivity contribution >= 4 is 27.6 Å². The van der Waals surface area contributed by atoms with Crippen molar-refractivity contribution in [3.8, 4) is 0 Å². The van der Waals surface area contributed by atoms with Crippen molar-refractivity contribution in [3.63, 3.8) is 0 Å². The molecule has 0 atom stereocenters. The van der Waals surface area contributed by atoms with Crippen LogP contribution in [0.1, 0.15) is 13.8 Å². The molecule has 2 aromatic heterocycles. The number of fused-ring (bicyclic) bond motifs is 3. The zero-order valence-corrected chi connectivity index (χ0v) is 11.2. The molecule has 0 saturated carbocycles. The number of para-hydroxylation sites is 1. The third-order valence-corrected chi connectivity index (χ3v) is 3.20. The van der Waals surface area contributed by atoms with E-state index in [-0.39, 0.29) is 0 Å². The van der Waals surface area contributed by atoms with Crippen LogP contribution in [0.2, 0.25) is 0 Å². The van der Waals surface area contributed by atoms with Gasteiger partial charge in [0.25, 0.3) is 0 Å². The van der Waals surface area contributed by atoms with Crippen molar-refractivity contribution in [1.29, 1.82) is 0 Å². The summed E-state index contributed by atoms with van der Waals surface area (Å²) in [6, 6.07) is 10.3. The molecule has 3 aromatic rings. The van der Waals surface area contributed by atoms with Crippen molar-refractivity contribution in [2.75, 3.05) is 11.9 Å². The molecule has 19 heavy (non-hydrogen) atoms. The highest BCUT2D eigenvalue weighted by molar-refractivity contribution is 6.12. The van der Waals surface area contributed by atoms with Gasteiger partial charge in [-0.25, -0.2) is 4.98 Å². The van der Waals surface area contributed by atoms with Crippen LogP contribution >= 0.6 is 0 Å². The summed E-state index contributed by atoms with van der Waals surface area (Å²) in [6.07, 6.45) is 4.00. The van der Waals surface area contributed by atoms with Crippen LogP contribution in [0.4, 0.5) is 5.82 Å². The summed E-state index contributed by atoms with van der Waals surface area (Å²) in [4.78, 5) is 7.89. The van der Waals surface area contributed by atoms with Crippen LogP contribution in [0.5, 0.6) is 0 Å². The first-order chi connectivity index (χ1) is 9.25. The fraction of sp³-hybridized carbons (Fsp3) is 0.188. The highest BCUT2D eigenvalue weighted by Crippen LogP contribution is 2.29. The van der Waals surface area contributed by atoms with Gasteiger partial charge in [-0.15, -0.1) is 0 Å². The van der Waals surface area contributed by atoms with E-state index in [9.17, 15) is 0 Å². The molecule has 0 bridgehead atoms. The Balaban J connectivity index is 2.11. The summed E-state index contributed by atoms with van der Waals surface area (Å²) < 4.78 is 0. The number of pyridine rings is 1. The van der Waals surface area contributed by atoms with E-state index in [2.05, 4.69) is 53.4 Å². The predicted molar refractivity (Wildman–Crippen MR) is 81.5 cm³/mol. The Morgan fingerprint density at radius 3 is 2.89 bits per heavy atom. The minimum absolute atomic E-state index is 0.800. The molecule has 96 valence electrons. The number of aromatic amines is 1. The van der Waals surface area contributed by atoms with Gasteiger partial charge in [0.1, 0.15) is 5.82 Å². The number of rotatable bonds is 3. The number of nitrogens with zero attached hydrogens (tertiary/aromatic N) is 1. The maximum atomic E-state index is 4.47. The van der Waals surface area contributed by atoms with E-state index >= 15 is 0 Å². The number of aromatic nitrogens is 2. The van der Waals surface area contributed by atoms with E-state index in [1.54, 1.807) is 0 Å². The maximum absolute atomic E-state index is 4.47. The summed E-state index contributed by atoms with van der Waals surface area (Å²) in [6.45, 7) is 5.00. The van der Waals surface area contributed by atoms with E-state index in [1.165, 1.54) is 16.3 Å². The van der Waals surface area contributed by atoms with E-state index < -0.39 is 0 Å². The SMILES string of the molecule is CC(C)=CCNc1nccc2[nH]c3ccccc3c12. The molecule has 0 aliphatic carbocycles. The fourth-order valence-corrected chi connectivity index (χ4v) is 2.28. The Kier molecular flexibility index (Phi) is 2.95. The lowest BCUT2D eigenvalue weighted by Crippen LogP contribution is -2.01. The molecule has 0 aliphatic heterocycles. The fourth-order valence-electron chi connectivity index (χ4n) is 2.28. The van der Waals surface area contributed by atoms with Gasteiger partial charge in [0.05, 0.1) is 5.52 Å². The van der Waals surface area contributed by atoms with E-state index in [0.29, 0.717) is 0 Å². The highest BCUT2D eigenvalue weighted by atomic mass is 15.0. The third-order valence-electron chi connectivity index (χ3n) is 3.20. The highest BCUT2D eigenvalue weighted by Gasteiger charge is 2.08. The standard InChI is InChI=1S/C16H17N3/c1-11(2)7-9-17-16-15-12-5-3-4-6-13(12)19-14(15)8-10-18-16/h3-8,10,19H,9H2,1-2H3,(H,17,18). The van der Waals surface area contributed by atoms with Gasteiger partial charge in [-0.2, -0.15) is 0 Å². The minimum Gasteiger partial charge on any atom is -0.366 e. The minimum atomic E-state index is 0.800. The van der Waals surface area contributed by atoms with Gasteiger partial charge >= 0.3 is 0 Å². The molecule has 0 fully saturated rings. The molecule has 3 nitrogen and oxygen atoms in total. The average molecular weight is 251 g/mol. The first-order valence-electron chi connectivity index (χ1n) is 6.48. The molecule has 3 rings (SSSR count). The lowest BCUT2D eigenvalue weighted by atomic mass is 10.2. The number of H-pyrrole nitrogens is 1. The van der Waals surface area contributed by atoms with Gasteiger partial charge < -0.3 is 10.3 Å². The lowest BCUT2D eigenvalue weighted by Gasteiger charge is -2.04. The molecule has 0 aliphatic rings. The summed E-state index contributed by atoms with van der Waals surface area (Å²) in [5.74, 6) is 0.937. The van der Waals surface area contributed by atoms with Crippen molar-refractivity contribution in [1.82, 2.24) is 9.97 Å². The molecule has 1 aromatic carbocycles. The number of hydrogen-bond donors (Lipinski definition) is 2. The number of benzene rings is 1. The zero-order chi connectivity index (χ0) is 13.2. The third kappa shape index (κ3) is 2.19. The normalized spacial score (nSPS) is 10.8. The number of allylic oxidation sites excluding steroid dienone is 1. The van der Waals surface area contributed by atoms with Crippen LogP contribution in [-0.4, -0.2) is 16.5 Å². The monoisotopic (exact) mass is 251 g/mol. The van der Waals surface area contributed by atoms with Gasteiger partial charge in [0.2, 0.25) is 0 Å². The predicted octanol–water partition coefficient (Wildman–Crippen LogP) is 4.09. The molecule has 2 heterocycles. The van der Waals surface area contributed by atoms with E-state index in [0.717, 1.165) is 23.4 Å². The Bertz CT molecular complexity index is 749. The molecule has 0 unspecified atom stereocenters. The van der Waals surface area contributed by atoms with Crippen LogP contribution in [0.15, 0.2) is 48.2 Å².